The summed E-state index contributed by atoms with van der Waals surface area (Å²) in [5.74, 6) is -2.42. The molecule has 8 heteroatoms. The van der Waals surface area contributed by atoms with Crippen molar-refractivity contribution in [3.63, 3.8) is 0 Å². The van der Waals surface area contributed by atoms with E-state index < -0.39 is 29.8 Å². The maximum Gasteiger partial charge on any atom is 0.227 e. The standard InChI is InChI=1S/C15H14ClN5OS/c16-11-4-2-1-3-8(11)13-9(5-17)14(20)21-15(10(13)6-18)23-7-12(19)22/h1-4,9-10,13-14H,7,20H2,(H2,19,22)/t9-,10?,13-,14+/m0/s1. The molecule has 0 saturated heterocycles. The van der Waals surface area contributed by atoms with Crippen molar-refractivity contribution >= 4 is 34.3 Å². The lowest BCUT2D eigenvalue weighted by Crippen LogP contribution is -2.42. The molecule has 23 heavy (non-hydrogen) atoms. The van der Waals surface area contributed by atoms with Crippen LogP contribution in [0.3, 0.4) is 0 Å². The molecule has 6 nitrogen and oxygen atoms in total. The van der Waals surface area contributed by atoms with Gasteiger partial charge < -0.3 is 11.5 Å². The third-order valence-electron chi connectivity index (χ3n) is 3.57. The van der Waals surface area contributed by atoms with Gasteiger partial charge in [0.05, 0.1) is 28.9 Å². The normalized spacial score (nSPS) is 26.7. The highest BCUT2D eigenvalue weighted by Crippen LogP contribution is 2.42. The minimum atomic E-state index is -0.791. The highest BCUT2D eigenvalue weighted by atomic mass is 35.5. The number of nitrogens with two attached hydrogens (primary N) is 2. The molecular formula is C15H14ClN5OS. The van der Waals surface area contributed by atoms with Crippen molar-refractivity contribution in [2.45, 2.75) is 12.1 Å². The third kappa shape index (κ3) is 3.65. The molecule has 1 amide bonds. The van der Waals surface area contributed by atoms with Crippen LogP contribution in [0, 0.1) is 34.5 Å². The Hall–Kier alpha value is -2.06. The Morgan fingerprint density at radius 1 is 1.35 bits per heavy atom. The van der Waals surface area contributed by atoms with Crippen LogP contribution in [0.1, 0.15) is 11.5 Å². The number of hydrogen-bond acceptors (Lipinski definition) is 6. The zero-order valence-electron chi connectivity index (χ0n) is 12.0. The zero-order chi connectivity index (χ0) is 17.0. The predicted molar refractivity (Wildman–Crippen MR) is 89.5 cm³/mol. The van der Waals surface area contributed by atoms with Gasteiger partial charge in [0, 0.05) is 10.9 Å². The molecule has 0 bridgehead atoms. The van der Waals surface area contributed by atoms with Crippen molar-refractivity contribution in [1.82, 2.24) is 0 Å². The van der Waals surface area contributed by atoms with Crippen molar-refractivity contribution in [3.05, 3.63) is 34.9 Å². The molecule has 2 rings (SSSR count). The first kappa shape index (κ1) is 17.3. The molecule has 0 radical (unpaired) electrons. The average Bonchev–Trinajstić information content (AvgIpc) is 2.52. The Morgan fingerprint density at radius 2 is 2.04 bits per heavy atom. The van der Waals surface area contributed by atoms with Crippen LogP contribution in [0.5, 0.6) is 0 Å². The number of rotatable bonds is 3. The fraction of sp³-hybridized carbons (Fsp3) is 0.333. The molecule has 4 N–H and O–H groups in total. The number of nitriles is 2. The molecule has 1 unspecified atom stereocenters. The molecule has 1 aromatic rings. The number of thioether (sulfide) groups is 1. The number of carbonyl (C=O) groups is 1. The number of hydrogen-bond donors (Lipinski definition) is 2. The van der Waals surface area contributed by atoms with Crippen LogP contribution in [0.25, 0.3) is 0 Å². The largest absolute Gasteiger partial charge is 0.369 e. The summed E-state index contributed by atoms with van der Waals surface area (Å²) in [6.07, 6.45) is -0.791. The minimum Gasteiger partial charge on any atom is -0.369 e. The second-order valence-electron chi connectivity index (χ2n) is 5.02. The fourth-order valence-electron chi connectivity index (χ4n) is 2.56. The number of aliphatic imine (C=N–C) groups is 1. The third-order valence-corrected chi connectivity index (χ3v) is 5.00. The van der Waals surface area contributed by atoms with Gasteiger partial charge in [-0.15, -0.1) is 0 Å². The van der Waals surface area contributed by atoms with E-state index in [1.54, 1.807) is 24.3 Å². The highest BCUT2D eigenvalue weighted by molar-refractivity contribution is 8.14. The first-order valence-corrected chi connectivity index (χ1v) is 8.14. The van der Waals surface area contributed by atoms with E-state index in [-0.39, 0.29) is 5.75 Å². The van der Waals surface area contributed by atoms with E-state index in [4.69, 9.17) is 23.1 Å². The Labute approximate surface area is 143 Å². The molecule has 4 atom stereocenters. The first-order chi connectivity index (χ1) is 11.0. The fourth-order valence-corrected chi connectivity index (χ4v) is 3.69. The molecule has 1 heterocycles. The van der Waals surface area contributed by atoms with Gasteiger partial charge in [0.25, 0.3) is 0 Å². The summed E-state index contributed by atoms with van der Waals surface area (Å²) < 4.78 is 0. The molecule has 1 aliphatic heterocycles. The average molecular weight is 348 g/mol. The Balaban J connectivity index is 2.48. The Kier molecular flexibility index (Phi) is 5.62. The molecule has 0 aliphatic carbocycles. The highest BCUT2D eigenvalue weighted by Gasteiger charge is 2.42. The molecule has 1 aliphatic rings. The number of nitrogens with zero attached hydrogens (tertiary/aromatic N) is 3. The monoisotopic (exact) mass is 347 g/mol. The van der Waals surface area contributed by atoms with Gasteiger partial charge in [0.2, 0.25) is 5.91 Å². The maximum absolute atomic E-state index is 11.0. The predicted octanol–water partition coefficient (Wildman–Crippen LogP) is 1.62. The van der Waals surface area contributed by atoms with E-state index in [0.717, 1.165) is 11.8 Å². The van der Waals surface area contributed by atoms with Gasteiger partial charge in [-0.1, -0.05) is 41.6 Å². The summed E-state index contributed by atoms with van der Waals surface area (Å²) in [7, 11) is 0. The summed E-state index contributed by atoms with van der Waals surface area (Å²) in [4.78, 5) is 15.2. The van der Waals surface area contributed by atoms with Crippen molar-refractivity contribution in [1.29, 1.82) is 10.5 Å². The summed E-state index contributed by atoms with van der Waals surface area (Å²) >= 11 is 7.32. The second kappa shape index (κ2) is 7.47. The summed E-state index contributed by atoms with van der Waals surface area (Å²) in [6.45, 7) is 0. The SMILES string of the molecule is N#CC1C(SCC(N)=O)=N[C@@H](N)[C@@H](C#N)[C@@H]1c1ccccc1Cl. The van der Waals surface area contributed by atoms with Crippen LogP contribution in [0.4, 0.5) is 0 Å². The second-order valence-corrected chi connectivity index (χ2v) is 6.42. The van der Waals surface area contributed by atoms with Gasteiger partial charge in [0.1, 0.15) is 12.1 Å². The van der Waals surface area contributed by atoms with E-state index in [0.29, 0.717) is 15.6 Å². The van der Waals surface area contributed by atoms with Gasteiger partial charge >= 0.3 is 0 Å². The molecule has 0 fully saturated rings. The zero-order valence-corrected chi connectivity index (χ0v) is 13.6. The van der Waals surface area contributed by atoms with Crippen LogP contribution >= 0.6 is 23.4 Å². The molecule has 118 valence electrons. The number of halogens is 1. The summed E-state index contributed by atoms with van der Waals surface area (Å²) in [5, 5.41) is 19.9. The van der Waals surface area contributed by atoms with Crippen LogP contribution in [-0.2, 0) is 4.79 Å². The van der Waals surface area contributed by atoms with Crippen molar-refractivity contribution in [2.75, 3.05) is 5.75 Å². The van der Waals surface area contributed by atoms with Crippen LogP contribution in [0.2, 0.25) is 5.02 Å². The Morgan fingerprint density at radius 3 is 2.61 bits per heavy atom. The van der Waals surface area contributed by atoms with E-state index in [9.17, 15) is 15.3 Å². The van der Waals surface area contributed by atoms with Crippen LogP contribution in [0.15, 0.2) is 29.3 Å². The molecule has 1 aromatic carbocycles. The van der Waals surface area contributed by atoms with E-state index in [1.165, 1.54) is 0 Å². The van der Waals surface area contributed by atoms with Gasteiger partial charge in [0.15, 0.2) is 0 Å². The lowest BCUT2D eigenvalue weighted by Gasteiger charge is -2.34. The van der Waals surface area contributed by atoms with Crippen molar-refractivity contribution in [2.24, 2.45) is 28.3 Å². The lowest BCUT2D eigenvalue weighted by molar-refractivity contribution is -0.115. The van der Waals surface area contributed by atoms with Gasteiger partial charge in [-0.3, -0.25) is 9.79 Å². The minimum absolute atomic E-state index is 0.00377. The quantitative estimate of drug-likeness (QED) is 0.858. The van der Waals surface area contributed by atoms with E-state index in [1.807, 2.05) is 0 Å². The molecule has 0 aromatic heterocycles. The summed E-state index contributed by atoms with van der Waals surface area (Å²) in [6, 6.07) is 11.3. The van der Waals surface area contributed by atoms with Gasteiger partial charge in [-0.25, -0.2) is 0 Å². The van der Waals surface area contributed by atoms with Gasteiger partial charge in [-0.2, -0.15) is 10.5 Å². The maximum atomic E-state index is 11.0. The van der Waals surface area contributed by atoms with Crippen molar-refractivity contribution in [3.8, 4) is 12.1 Å². The molecule has 0 saturated carbocycles. The van der Waals surface area contributed by atoms with Crippen molar-refractivity contribution < 1.29 is 4.79 Å². The molecular weight excluding hydrogens is 334 g/mol. The van der Waals surface area contributed by atoms with E-state index >= 15 is 0 Å². The van der Waals surface area contributed by atoms with Gasteiger partial charge in [-0.05, 0) is 11.6 Å². The topological polar surface area (TPSA) is 129 Å². The summed E-state index contributed by atoms with van der Waals surface area (Å²) in [5.41, 5.74) is 11.8. The number of primary amides is 1. The van der Waals surface area contributed by atoms with E-state index in [2.05, 4.69) is 17.1 Å². The van der Waals surface area contributed by atoms with Crippen LogP contribution < -0.4 is 11.5 Å². The Bertz CT molecular complexity index is 723. The smallest absolute Gasteiger partial charge is 0.227 e. The van der Waals surface area contributed by atoms with Crippen LogP contribution in [-0.4, -0.2) is 22.9 Å². The molecule has 0 spiro atoms. The first-order valence-electron chi connectivity index (χ1n) is 6.77. The number of carbonyl (C=O) groups excluding carboxylic acids is 1. The number of benzene rings is 1. The number of amides is 1. The lowest BCUT2D eigenvalue weighted by atomic mass is 9.75.